The molecule has 5 heteroatoms. The maximum Gasteiger partial charge on any atom is 0.254 e. The van der Waals surface area contributed by atoms with E-state index in [0.717, 1.165) is 24.4 Å². The highest BCUT2D eigenvalue weighted by molar-refractivity contribution is 5.94. The fraction of sp³-hybridized carbons (Fsp3) is 0.458. The first-order chi connectivity index (χ1) is 13.8. The molecular weight excluding hydrogens is 364 g/mol. The number of hydrogen-bond acceptors (Lipinski definition) is 3. The van der Waals surface area contributed by atoms with E-state index >= 15 is 0 Å². The van der Waals surface area contributed by atoms with E-state index in [9.17, 15) is 9.90 Å². The molecule has 0 saturated carbocycles. The van der Waals surface area contributed by atoms with Crippen LogP contribution < -0.4 is 9.64 Å². The number of carbonyl (C=O) groups is 1. The van der Waals surface area contributed by atoms with Gasteiger partial charge in [0.2, 0.25) is 0 Å². The topological polar surface area (TPSA) is 54.2 Å². The minimum Gasteiger partial charge on any atom is -0.491 e. The van der Waals surface area contributed by atoms with Gasteiger partial charge in [-0.1, -0.05) is 51.1 Å². The normalized spacial score (nSPS) is 16.5. The standard InChI is InChI=1S/C24H32N2O3/c1-24(2,3)20-9-11-22(12-10-20)29-18-21(27)17-25-13-15-26(16-14-25)23(28)19-7-5-4-6-8-19/h4-12,21,27H,13-18H2,1-3H3/p+1/t21-/m0/s1. The Morgan fingerprint density at radius 1 is 1.07 bits per heavy atom. The van der Waals surface area contributed by atoms with E-state index < -0.39 is 6.10 Å². The van der Waals surface area contributed by atoms with Crippen LogP contribution in [0.1, 0.15) is 36.7 Å². The van der Waals surface area contributed by atoms with E-state index in [1.165, 1.54) is 10.5 Å². The average molecular weight is 398 g/mol. The van der Waals surface area contributed by atoms with Gasteiger partial charge in [0.1, 0.15) is 25.0 Å². The molecule has 2 N–H and O–H groups in total. The number of aliphatic hydroxyl groups excluding tert-OH is 1. The summed E-state index contributed by atoms with van der Waals surface area (Å²) in [4.78, 5) is 15.7. The molecule has 2 aromatic rings. The number of nitrogens with zero attached hydrogens (tertiary/aromatic N) is 1. The average Bonchev–Trinajstić information content (AvgIpc) is 2.72. The molecule has 156 valence electrons. The van der Waals surface area contributed by atoms with E-state index in [4.69, 9.17) is 4.74 Å². The summed E-state index contributed by atoms with van der Waals surface area (Å²) in [6, 6.07) is 17.5. The van der Waals surface area contributed by atoms with Crippen LogP contribution in [0.3, 0.4) is 0 Å². The number of amides is 1. The van der Waals surface area contributed by atoms with Crippen molar-refractivity contribution in [2.75, 3.05) is 39.3 Å². The summed E-state index contributed by atoms with van der Waals surface area (Å²) in [5.41, 5.74) is 2.12. The van der Waals surface area contributed by atoms with E-state index in [1.54, 1.807) is 0 Å². The Morgan fingerprint density at radius 3 is 2.28 bits per heavy atom. The van der Waals surface area contributed by atoms with Crippen molar-refractivity contribution < 1.29 is 19.5 Å². The molecule has 0 aromatic heterocycles. The summed E-state index contributed by atoms with van der Waals surface area (Å²) in [6.07, 6.45) is -0.524. The number of carbonyl (C=O) groups excluding carboxylic acids is 1. The van der Waals surface area contributed by atoms with E-state index in [1.807, 2.05) is 47.4 Å². The lowest BCUT2D eigenvalue weighted by molar-refractivity contribution is -0.907. The number of piperazine rings is 1. The molecule has 1 fully saturated rings. The van der Waals surface area contributed by atoms with Crippen molar-refractivity contribution in [1.82, 2.24) is 4.90 Å². The highest BCUT2D eigenvalue weighted by atomic mass is 16.5. The second kappa shape index (κ2) is 9.42. The van der Waals surface area contributed by atoms with Crippen LogP contribution in [-0.4, -0.2) is 61.3 Å². The molecule has 0 bridgehead atoms. The van der Waals surface area contributed by atoms with E-state index in [0.29, 0.717) is 19.6 Å². The summed E-state index contributed by atoms with van der Waals surface area (Å²) in [7, 11) is 0. The van der Waals surface area contributed by atoms with Gasteiger partial charge in [-0.2, -0.15) is 0 Å². The van der Waals surface area contributed by atoms with Gasteiger partial charge in [-0.25, -0.2) is 0 Å². The first kappa shape index (κ1) is 21.3. The van der Waals surface area contributed by atoms with Gasteiger partial charge in [0.25, 0.3) is 5.91 Å². The molecule has 1 heterocycles. The lowest BCUT2D eigenvalue weighted by Crippen LogP contribution is -3.16. The molecule has 29 heavy (non-hydrogen) atoms. The maximum atomic E-state index is 12.5. The largest absolute Gasteiger partial charge is 0.491 e. The second-order valence-electron chi connectivity index (χ2n) is 8.85. The predicted molar refractivity (Wildman–Crippen MR) is 115 cm³/mol. The Bertz CT molecular complexity index is 776. The van der Waals surface area contributed by atoms with Crippen molar-refractivity contribution >= 4 is 5.91 Å². The third kappa shape index (κ3) is 6.05. The van der Waals surface area contributed by atoms with Crippen molar-refractivity contribution in [3.63, 3.8) is 0 Å². The molecule has 1 atom stereocenters. The molecule has 1 amide bonds. The Kier molecular flexibility index (Phi) is 6.93. The van der Waals surface area contributed by atoms with Crippen LogP contribution in [0, 0.1) is 0 Å². The summed E-state index contributed by atoms with van der Waals surface area (Å²) < 4.78 is 5.77. The Labute approximate surface area is 173 Å². The highest BCUT2D eigenvalue weighted by Crippen LogP contribution is 2.24. The van der Waals surface area contributed by atoms with Crippen molar-refractivity contribution in [1.29, 1.82) is 0 Å². The first-order valence-corrected chi connectivity index (χ1v) is 10.4. The smallest absolute Gasteiger partial charge is 0.254 e. The van der Waals surface area contributed by atoms with Crippen LogP contribution in [0.15, 0.2) is 54.6 Å². The number of benzene rings is 2. The molecule has 1 aliphatic rings. The molecule has 0 unspecified atom stereocenters. The zero-order valence-corrected chi connectivity index (χ0v) is 17.7. The number of hydrogen-bond donors (Lipinski definition) is 2. The zero-order chi connectivity index (χ0) is 20.9. The Morgan fingerprint density at radius 2 is 1.69 bits per heavy atom. The highest BCUT2D eigenvalue weighted by Gasteiger charge is 2.26. The van der Waals surface area contributed by atoms with Crippen LogP contribution in [-0.2, 0) is 5.41 Å². The van der Waals surface area contributed by atoms with Gasteiger partial charge in [-0.05, 0) is 35.2 Å². The first-order valence-electron chi connectivity index (χ1n) is 10.4. The van der Waals surface area contributed by atoms with Gasteiger partial charge in [0.15, 0.2) is 0 Å². The predicted octanol–water partition coefficient (Wildman–Crippen LogP) is 1.76. The molecule has 3 rings (SSSR count). The summed E-state index contributed by atoms with van der Waals surface area (Å²) in [5.74, 6) is 0.873. The minimum atomic E-state index is -0.524. The Hall–Kier alpha value is -2.37. The lowest BCUT2D eigenvalue weighted by Gasteiger charge is -2.33. The molecule has 0 radical (unpaired) electrons. The number of rotatable bonds is 6. The number of aliphatic hydroxyl groups is 1. The summed E-state index contributed by atoms with van der Waals surface area (Å²) in [6.45, 7) is 10.6. The Balaban J connectivity index is 1.40. The van der Waals surface area contributed by atoms with Crippen LogP contribution in [0.5, 0.6) is 5.75 Å². The van der Waals surface area contributed by atoms with E-state index in [2.05, 4.69) is 32.9 Å². The maximum absolute atomic E-state index is 12.5. The quantitative estimate of drug-likeness (QED) is 0.781. The van der Waals surface area contributed by atoms with Crippen LogP contribution in [0.25, 0.3) is 0 Å². The van der Waals surface area contributed by atoms with Gasteiger partial charge in [0, 0.05) is 5.56 Å². The molecule has 1 aliphatic heterocycles. The summed E-state index contributed by atoms with van der Waals surface area (Å²) >= 11 is 0. The third-order valence-electron chi connectivity index (χ3n) is 5.47. The van der Waals surface area contributed by atoms with Crippen molar-refractivity contribution in [2.24, 2.45) is 0 Å². The van der Waals surface area contributed by atoms with Crippen molar-refractivity contribution in [2.45, 2.75) is 32.3 Å². The van der Waals surface area contributed by atoms with Crippen molar-refractivity contribution in [3.05, 3.63) is 65.7 Å². The summed E-state index contributed by atoms with van der Waals surface area (Å²) in [5, 5.41) is 10.4. The molecule has 2 aromatic carbocycles. The van der Waals surface area contributed by atoms with Gasteiger partial charge in [0.05, 0.1) is 26.2 Å². The number of ether oxygens (including phenoxy) is 1. The SMILES string of the molecule is CC(C)(C)c1ccc(OC[C@@H](O)C[NH+]2CCN(C(=O)c3ccccc3)CC2)cc1. The third-order valence-corrected chi connectivity index (χ3v) is 5.47. The number of quaternary nitrogens is 1. The van der Waals surface area contributed by atoms with Gasteiger partial charge < -0.3 is 19.6 Å². The van der Waals surface area contributed by atoms with Crippen molar-refractivity contribution in [3.8, 4) is 5.75 Å². The zero-order valence-electron chi connectivity index (χ0n) is 17.7. The fourth-order valence-electron chi connectivity index (χ4n) is 3.63. The van der Waals surface area contributed by atoms with Gasteiger partial charge in [-0.3, -0.25) is 4.79 Å². The fourth-order valence-corrected chi connectivity index (χ4v) is 3.63. The van der Waals surface area contributed by atoms with Crippen LogP contribution in [0.4, 0.5) is 0 Å². The monoisotopic (exact) mass is 397 g/mol. The lowest BCUT2D eigenvalue weighted by atomic mass is 9.87. The van der Waals surface area contributed by atoms with Crippen LogP contribution in [0.2, 0.25) is 0 Å². The van der Waals surface area contributed by atoms with Crippen LogP contribution >= 0.6 is 0 Å². The molecular formula is C24H33N2O3+. The molecule has 1 saturated heterocycles. The molecule has 5 nitrogen and oxygen atoms in total. The number of nitrogens with one attached hydrogen (secondary N) is 1. The second-order valence-corrected chi connectivity index (χ2v) is 8.85. The molecule has 0 aliphatic carbocycles. The minimum absolute atomic E-state index is 0.0900. The van der Waals surface area contributed by atoms with Gasteiger partial charge in [-0.15, -0.1) is 0 Å². The van der Waals surface area contributed by atoms with E-state index in [-0.39, 0.29) is 17.9 Å². The van der Waals surface area contributed by atoms with Gasteiger partial charge >= 0.3 is 0 Å². The molecule has 0 spiro atoms.